The third-order valence-electron chi connectivity index (χ3n) is 5.22. The van der Waals surface area contributed by atoms with Crippen molar-refractivity contribution in [1.82, 2.24) is 20.1 Å². The van der Waals surface area contributed by atoms with Gasteiger partial charge in [0.1, 0.15) is 0 Å². The SMILES string of the molecule is C[C@@H](NC(=O)c1ccc(Cl)cc1)c1nnc(SCC(=O)N2CCc3ccccc32)n1C. The van der Waals surface area contributed by atoms with Crippen LogP contribution in [0.5, 0.6) is 0 Å². The molecule has 1 aromatic heterocycles. The number of halogens is 1. The van der Waals surface area contributed by atoms with Crippen LogP contribution in [0.3, 0.4) is 0 Å². The third kappa shape index (κ3) is 4.60. The van der Waals surface area contributed by atoms with E-state index in [-0.39, 0.29) is 23.6 Å². The second-order valence-corrected chi connectivity index (χ2v) is 8.69. The lowest BCUT2D eigenvalue weighted by atomic mass is 10.2. The summed E-state index contributed by atoms with van der Waals surface area (Å²) in [5.74, 6) is 0.711. The van der Waals surface area contributed by atoms with Crippen LogP contribution in [0.15, 0.2) is 53.7 Å². The molecule has 4 rings (SSSR count). The Balaban J connectivity index is 1.37. The highest BCUT2D eigenvalue weighted by atomic mass is 35.5. The maximum absolute atomic E-state index is 12.7. The number of hydrogen-bond acceptors (Lipinski definition) is 5. The molecule has 0 aliphatic carbocycles. The van der Waals surface area contributed by atoms with Gasteiger partial charge < -0.3 is 14.8 Å². The second kappa shape index (κ2) is 9.11. The lowest BCUT2D eigenvalue weighted by Gasteiger charge is -2.17. The van der Waals surface area contributed by atoms with Crippen LogP contribution in [0.4, 0.5) is 5.69 Å². The summed E-state index contributed by atoms with van der Waals surface area (Å²) in [7, 11) is 1.83. The first-order valence-corrected chi connectivity index (χ1v) is 11.3. The van der Waals surface area contributed by atoms with Gasteiger partial charge in [0, 0.05) is 29.9 Å². The number of amides is 2. The van der Waals surface area contributed by atoms with Crippen LogP contribution in [0.1, 0.15) is 34.7 Å². The number of nitrogens with zero attached hydrogens (tertiary/aromatic N) is 4. The van der Waals surface area contributed by atoms with E-state index in [0.29, 0.717) is 28.1 Å². The Morgan fingerprint density at radius 1 is 1.16 bits per heavy atom. The van der Waals surface area contributed by atoms with E-state index in [0.717, 1.165) is 12.1 Å². The normalized spacial score (nSPS) is 13.7. The van der Waals surface area contributed by atoms with E-state index in [9.17, 15) is 9.59 Å². The standard InChI is InChI=1S/C22H22ClN5O2S/c1-14(24-21(30)16-7-9-17(23)10-8-16)20-25-26-22(27(20)2)31-13-19(29)28-12-11-15-5-3-4-6-18(15)28/h3-10,14H,11-13H2,1-2H3,(H,24,30)/t14-/m1/s1. The molecule has 160 valence electrons. The highest BCUT2D eigenvalue weighted by molar-refractivity contribution is 7.99. The molecule has 2 heterocycles. The van der Waals surface area contributed by atoms with Gasteiger partial charge in [-0.3, -0.25) is 9.59 Å². The highest BCUT2D eigenvalue weighted by Gasteiger charge is 2.25. The molecule has 0 unspecified atom stereocenters. The minimum absolute atomic E-state index is 0.0450. The first-order chi connectivity index (χ1) is 14.9. The van der Waals surface area contributed by atoms with Crippen LogP contribution < -0.4 is 10.2 Å². The second-order valence-electron chi connectivity index (χ2n) is 7.31. The van der Waals surface area contributed by atoms with Crippen molar-refractivity contribution in [2.75, 3.05) is 17.2 Å². The number of carbonyl (C=O) groups excluding carboxylic acids is 2. The Bertz CT molecular complexity index is 1120. The van der Waals surface area contributed by atoms with E-state index in [1.807, 2.05) is 41.6 Å². The van der Waals surface area contributed by atoms with E-state index >= 15 is 0 Å². The quantitative estimate of drug-likeness (QED) is 0.574. The minimum Gasteiger partial charge on any atom is -0.342 e. The summed E-state index contributed by atoms with van der Waals surface area (Å²) >= 11 is 7.22. The lowest BCUT2D eigenvalue weighted by Crippen LogP contribution is -2.30. The fourth-order valence-electron chi connectivity index (χ4n) is 3.58. The number of hydrogen-bond donors (Lipinski definition) is 1. The Morgan fingerprint density at radius 3 is 2.68 bits per heavy atom. The first-order valence-electron chi connectivity index (χ1n) is 9.91. The fraction of sp³-hybridized carbons (Fsp3) is 0.273. The van der Waals surface area contributed by atoms with Gasteiger partial charge in [-0.25, -0.2) is 0 Å². The van der Waals surface area contributed by atoms with Gasteiger partial charge in [0.05, 0.1) is 11.8 Å². The highest BCUT2D eigenvalue weighted by Crippen LogP contribution is 2.29. The number of nitrogens with one attached hydrogen (secondary N) is 1. The summed E-state index contributed by atoms with van der Waals surface area (Å²) in [6.45, 7) is 2.55. The summed E-state index contributed by atoms with van der Waals surface area (Å²) in [4.78, 5) is 27.0. The molecular weight excluding hydrogens is 434 g/mol. The van der Waals surface area contributed by atoms with E-state index in [1.54, 1.807) is 24.3 Å². The molecule has 0 saturated heterocycles. The zero-order chi connectivity index (χ0) is 22.0. The molecule has 1 aliphatic heterocycles. The number of benzene rings is 2. The van der Waals surface area contributed by atoms with Crippen molar-refractivity contribution < 1.29 is 9.59 Å². The van der Waals surface area contributed by atoms with Gasteiger partial charge in [-0.1, -0.05) is 41.6 Å². The molecule has 9 heteroatoms. The van der Waals surface area contributed by atoms with Gasteiger partial charge in [0.15, 0.2) is 11.0 Å². The number of carbonyl (C=O) groups is 2. The molecule has 7 nitrogen and oxygen atoms in total. The Labute approximate surface area is 189 Å². The Morgan fingerprint density at radius 2 is 1.90 bits per heavy atom. The number of fused-ring (bicyclic) bond motifs is 1. The molecule has 1 atom stereocenters. The number of rotatable bonds is 6. The van der Waals surface area contributed by atoms with Gasteiger partial charge in [0.25, 0.3) is 5.91 Å². The zero-order valence-electron chi connectivity index (χ0n) is 17.2. The number of thioether (sulfide) groups is 1. The number of aromatic nitrogens is 3. The molecule has 31 heavy (non-hydrogen) atoms. The monoisotopic (exact) mass is 455 g/mol. The van der Waals surface area contributed by atoms with Crippen molar-refractivity contribution in [3.63, 3.8) is 0 Å². The van der Waals surface area contributed by atoms with Crippen molar-refractivity contribution in [1.29, 1.82) is 0 Å². The predicted molar refractivity (Wildman–Crippen MR) is 122 cm³/mol. The Hall–Kier alpha value is -2.84. The maximum Gasteiger partial charge on any atom is 0.251 e. The smallest absolute Gasteiger partial charge is 0.251 e. The molecule has 2 amide bonds. The molecule has 0 saturated carbocycles. The molecule has 1 N–H and O–H groups in total. The van der Waals surface area contributed by atoms with Gasteiger partial charge >= 0.3 is 0 Å². The van der Waals surface area contributed by atoms with Crippen LogP contribution in [0.25, 0.3) is 0 Å². The fourth-order valence-corrected chi connectivity index (χ4v) is 4.50. The average molecular weight is 456 g/mol. The van der Waals surface area contributed by atoms with Gasteiger partial charge in [-0.05, 0) is 49.2 Å². The van der Waals surface area contributed by atoms with Crippen LogP contribution >= 0.6 is 23.4 Å². The van der Waals surface area contributed by atoms with Crippen molar-refractivity contribution in [2.24, 2.45) is 7.05 Å². The topological polar surface area (TPSA) is 80.1 Å². The Kier molecular flexibility index (Phi) is 6.29. The molecule has 0 spiro atoms. The van der Waals surface area contributed by atoms with E-state index in [2.05, 4.69) is 21.6 Å². The molecule has 0 bridgehead atoms. The summed E-state index contributed by atoms with van der Waals surface area (Å²) in [6.07, 6.45) is 0.880. The number of para-hydroxylation sites is 1. The summed E-state index contributed by atoms with van der Waals surface area (Å²) in [6, 6.07) is 14.3. The van der Waals surface area contributed by atoms with E-state index in [1.165, 1.54) is 17.3 Å². The predicted octanol–water partition coefficient (Wildman–Crippen LogP) is 3.64. The van der Waals surface area contributed by atoms with Gasteiger partial charge in [0.2, 0.25) is 5.91 Å². The van der Waals surface area contributed by atoms with Crippen molar-refractivity contribution in [3.05, 3.63) is 70.5 Å². The molecular formula is C22H22ClN5O2S. The average Bonchev–Trinajstić information content (AvgIpc) is 3.36. The van der Waals surface area contributed by atoms with Crippen LogP contribution in [-0.4, -0.2) is 38.9 Å². The van der Waals surface area contributed by atoms with Crippen molar-refractivity contribution >= 4 is 40.9 Å². The zero-order valence-corrected chi connectivity index (χ0v) is 18.8. The van der Waals surface area contributed by atoms with Gasteiger partial charge in [-0.2, -0.15) is 0 Å². The van der Waals surface area contributed by atoms with Crippen LogP contribution in [0, 0.1) is 0 Å². The first kappa shape index (κ1) is 21.4. The number of anilines is 1. The molecule has 2 aromatic carbocycles. The molecule has 0 fully saturated rings. The van der Waals surface area contributed by atoms with Crippen molar-refractivity contribution in [2.45, 2.75) is 24.5 Å². The minimum atomic E-state index is -0.351. The van der Waals surface area contributed by atoms with Crippen LogP contribution in [-0.2, 0) is 18.3 Å². The lowest BCUT2D eigenvalue weighted by molar-refractivity contribution is -0.116. The third-order valence-corrected chi connectivity index (χ3v) is 6.48. The largest absolute Gasteiger partial charge is 0.342 e. The van der Waals surface area contributed by atoms with E-state index < -0.39 is 0 Å². The van der Waals surface area contributed by atoms with Crippen molar-refractivity contribution in [3.8, 4) is 0 Å². The maximum atomic E-state index is 12.7. The summed E-state index contributed by atoms with van der Waals surface area (Å²) in [5, 5.41) is 12.5. The summed E-state index contributed by atoms with van der Waals surface area (Å²) in [5.41, 5.74) is 2.71. The molecule has 3 aromatic rings. The van der Waals surface area contributed by atoms with Gasteiger partial charge in [-0.15, -0.1) is 10.2 Å². The molecule has 1 aliphatic rings. The molecule has 0 radical (unpaired) electrons. The van der Waals surface area contributed by atoms with E-state index in [4.69, 9.17) is 11.6 Å². The summed E-state index contributed by atoms with van der Waals surface area (Å²) < 4.78 is 1.81. The van der Waals surface area contributed by atoms with Crippen LogP contribution in [0.2, 0.25) is 5.02 Å².